The van der Waals surface area contributed by atoms with E-state index in [1.807, 2.05) is 6.92 Å². The van der Waals surface area contributed by atoms with Crippen LogP contribution in [0.3, 0.4) is 0 Å². The van der Waals surface area contributed by atoms with Gasteiger partial charge in [0, 0.05) is 43.9 Å². The van der Waals surface area contributed by atoms with E-state index in [9.17, 15) is 35.1 Å². The molecule has 45 heavy (non-hydrogen) atoms. The van der Waals surface area contributed by atoms with Gasteiger partial charge in [0.15, 0.2) is 6.10 Å². The van der Waals surface area contributed by atoms with E-state index in [0.717, 1.165) is 0 Å². The van der Waals surface area contributed by atoms with Gasteiger partial charge < -0.3 is 56.1 Å². The fourth-order valence-electron chi connectivity index (χ4n) is 5.09. The molecule has 0 unspecified atom stereocenters. The molecule has 254 valence electrons. The number of phenols is 2. The van der Waals surface area contributed by atoms with Gasteiger partial charge in [-0.15, -0.1) is 12.4 Å². The number of rotatable bonds is 7. The average Bonchev–Trinajstić information content (AvgIpc) is 2.97. The predicted octanol–water partition coefficient (Wildman–Crippen LogP) is 2.75. The number of benzene rings is 1. The smallest absolute Gasteiger partial charge is 0.405 e. The lowest BCUT2D eigenvalue weighted by molar-refractivity contribution is -0.112. The van der Waals surface area contributed by atoms with Crippen molar-refractivity contribution in [3.8, 4) is 11.5 Å². The molecule has 7 atom stereocenters. The van der Waals surface area contributed by atoms with Crippen LogP contribution in [0, 0.1) is 11.8 Å². The molecule has 2 amide bonds. The maximum absolute atomic E-state index is 13.0. The van der Waals surface area contributed by atoms with Gasteiger partial charge in [0.05, 0.1) is 36.3 Å². The number of hydrogen-bond donors (Lipinski definition) is 8. The lowest BCUT2D eigenvalue weighted by Gasteiger charge is -2.29. The standard InChI is InChI=1S/C31H47N3O10.ClH/c1-16-10-21-26(33-14-20(36)15-35)23(37)13-22(28(21)39)34-30(40)17(2)8-7-9-24(42-5)29(44-31(32)41)19(4)12-18(3)27(38)25(11-16)43-6;/h7-9,12-13,16,18,20,24-25,27,29,33,35-39H,10-11,14-15H2,1-6H3,(H2,32,41)(H,34,40);1H/b9-7-,17-8+,19-12+;/t16-,18+,20+,24+,25+,27-,29-;/m1./s1. The van der Waals surface area contributed by atoms with Crippen LogP contribution in [-0.2, 0) is 25.4 Å². The number of hydrogen-bond acceptors (Lipinski definition) is 11. The molecule has 0 spiro atoms. The Morgan fingerprint density at radius 1 is 1.20 bits per heavy atom. The minimum atomic E-state index is -1.12. The van der Waals surface area contributed by atoms with E-state index in [-0.39, 0.29) is 65.3 Å². The number of carbonyl (C=O) groups excluding carboxylic acids is 2. The first kappa shape index (κ1) is 39.7. The molecular formula is C31H48ClN3O10. The van der Waals surface area contributed by atoms with E-state index in [4.69, 9.17) is 19.9 Å². The van der Waals surface area contributed by atoms with Gasteiger partial charge in [0.25, 0.3) is 5.91 Å². The van der Waals surface area contributed by atoms with Crippen molar-refractivity contribution in [2.75, 3.05) is 38.0 Å². The van der Waals surface area contributed by atoms with Crippen molar-refractivity contribution in [1.29, 1.82) is 0 Å². The molecule has 1 aliphatic rings. The SMILES string of the molecule is CO[C@H]1/C=C\C=C(/C)C(=O)Nc2cc(O)c(NC[C@H](O)CO)c(c2O)C[C@@H](C)C[C@H](OC)[C@H](O)[C@@H](C)/C=C(\C)[C@H]1OC(N)=O.Cl. The van der Waals surface area contributed by atoms with Crippen LogP contribution in [0.1, 0.15) is 39.7 Å². The third kappa shape index (κ3) is 11.2. The molecule has 13 nitrogen and oxygen atoms in total. The summed E-state index contributed by atoms with van der Waals surface area (Å²) in [6, 6.07) is 1.19. The third-order valence-electron chi connectivity index (χ3n) is 7.56. The van der Waals surface area contributed by atoms with E-state index in [0.29, 0.717) is 12.0 Å². The number of aliphatic hydroxyl groups is 3. The number of ether oxygens (including phenoxy) is 3. The molecule has 0 aliphatic carbocycles. The fourth-order valence-corrected chi connectivity index (χ4v) is 5.09. The molecule has 0 fully saturated rings. The van der Waals surface area contributed by atoms with Crippen molar-refractivity contribution < 1.29 is 49.3 Å². The van der Waals surface area contributed by atoms with Crippen molar-refractivity contribution in [3.63, 3.8) is 0 Å². The van der Waals surface area contributed by atoms with E-state index >= 15 is 0 Å². The molecule has 1 heterocycles. The molecule has 1 aliphatic heterocycles. The molecule has 0 aromatic heterocycles. The first-order chi connectivity index (χ1) is 20.7. The monoisotopic (exact) mass is 657 g/mol. The quantitative estimate of drug-likeness (QED) is 0.121. The van der Waals surface area contributed by atoms with Crippen LogP contribution in [0.5, 0.6) is 11.5 Å². The number of methoxy groups -OCH3 is 2. The molecule has 0 saturated carbocycles. The molecule has 1 aromatic rings. The van der Waals surface area contributed by atoms with Crippen LogP contribution in [0.15, 0.2) is 41.5 Å². The Balaban J connectivity index is 0.0000101. The second kappa shape index (κ2) is 18.6. The number of nitrogens with one attached hydrogen (secondary N) is 2. The number of phenolic OH excluding ortho intramolecular Hbond substituents is 2. The van der Waals surface area contributed by atoms with Crippen LogP contribution >= 0.6 is 12.4 Å². The number of aliphatic hydroxyl groups excluding tert-OH is 3. The number of carbonyl (C=O) groups is 2. The van der Waals surface area contributed by atoms with Crippen LogP contribution in [-0.4, -0.2) is 95.4 Å². The molecule has 2 bridgehead atoms. The summed E-state index contributed by atoms with van der Waals surface area (Å²) in [4.78, 5) is 24.8. The number of fused-ring (bicyclic) bond motifs is 2. The van der Waals surface area contributed by atoms with Gasteiger partial charge in [-0.2, -0.15) is 0 Å². The minimum absolute atomic E-state index is 0. The van der Waals surface area contributed by atoms with E-state index < -0.39 is 55.0 Å². The Labute approximate surface area is 270 Å². The highest BCUT2D eigenvalue weighted by Gasteiger charge is 2.30. The Bertz CT molecular complexity index is 1240. The van der Waals surface area contributed by atoms with Crippen LogP contribution < -0.4 is 16.4 Å². The van der Waals surface area contributed by atoms with Gasteiger partial charge in [-0.25, -0.2) is 4.79 Å². The van der Waals surface area contributed by atoms with Crippen molar-refractivity contribution in [1.82, 2.24) is 0 Å². The van der Waals surface area contributed by atoms with E-state index in [2.05, 4.69) is 10.6 Å². The lowest BCUT2D eigenvalue weighted by Crippen LogP contribution is -2.37. The maximum atomic E-state index is 13.0. The Morgan fingerprint density at radius 2 is 1.87 bits per heavy atom. The van der Waals surface area contributed by atoms with Gasteiger partial charge in [0.2, 0.25) is 0 Å². The zero-order valence-corrected chi connectivity index (χ0v) is 27.3. The largest absolute Gasteiger partial charge is 0.506 e. The fraction of sp³-hybridized carbons (Fsp3) is 0.548. The Hall–Kier alpha value is -3.33. The summed E-state index contributed by atoms with van der Waals surface area (Å²) in [5.41, 5.74) is 6.52. The van der Waals surface area contributed by atoms with Crippen molar-refractivity contribution in [2.24, 2.45) is 17.6 Å². The Morgan fingerprint density at radius 3 is 2.44 bits per heavy atom. The first-order valence-electron chi connectivity index (χ1n) is 14.4. The summed E-state index contributed by atoms with van der Waals surface area (Å²) >= 11 is 0. The van der Waals surface area contributed by atoms with Gasteiger partial charge in [-0.1, -0.05) is 38.2 Å². The number of halogens is 1. The number of amides is 2. The molecule has 9 N–H and O–H groups in total. The van der Waals surface area contributed by atoms with Crippen molar-refractivity contribution in [3.05, 3.63) is 47.1 Å². The van der Waals surface area contributed by atoms with Gasteiger partial charge in [-0.3, -0.25) is 4.79 Å². The van der Waals surface area contributed by atoms with Gasteiger partial charge >= 0.3 is 6.09 Å². The van der Waals surface area contributed by atoms with E-state index in [1.165, 1.54) is 26.4 Å². The number of nitrogens with two attached hydrogens (primary N) is 1. The highest BCUT2D eigenvalue weighted by Crippen LogP contribution is 2.42. The third-order valence-corrected chi connectivity index (χ3v) is 7.56. The number of aromatic hydroxyl groups is 2. The summed E-state index contributed by atoms with van der Waals surface area (Å²) in [5, 5.41) is 58.0. The number of anilines is 2. The van der Waals surface area contributed by atoms with Crippen LogP contribution in [0.4, 0.5) is 16.2 Å². The first-order valence-corrected chi connectivity index (χ1v) is 14.4. The zero-order chi connectivity index (χ0) is 33.1. The van der Waals surface area contributed by atoms with Crippen molar-refractivity contribution in [2.45, 2.75) is 71.1 Å². The second-order valence-corrected chi connectivity index (χ2v) is 11.2. The predicted molar refractivity (Wildman–Crippen MR) is 173 cm³/mol. The van der Waals surface area contributed by atoms with Crippen molar-refractivity contribution >= 4 is 35.8 Å². The van der Waals surface area contributed by atoms with Crippen LogP contribution in [0.25, 0.3) is 0 Å². The maximum Gasteiger partial charge on any atom is 0.405 e. The second-order valence-electron chi connectivity index (χ2n) is 11.2. The number of allylic oxidation sites excluding steroid dienone is 2. The summed E-state index contributed by atoms with van der Waals surface area (Å²) in [5.74, 6) is -1.85. The molecule has 1 aromatic carbocycles. The summed E-state index contributed by atoms with van der Waals surface area (Å²) < 4.78 is 16.6. The zero-order valence-electron chi connectivity index (χ0n) is 26.5. The highest BCUT2D eigenvalue weighted by atomic mass is 35.5. The molecular weight excluding hydrogens is 610 g/mol. The van der Waals surface area contributed by atoms with Crippen LogP contribution in [0.2, 0.25) is 0 Å². The average molecular weight is 658 g/mol. The normalized spacial score (nSPS) is 28.7. The summed E-state index contributed by atoms with van der Waals surface area (Å²) in [7, 11) is 2.90. The summed E-state index contributed by atoms with van der Waals surface area (Å²) in [6.07, 6.45) is 1.40. The minimum Gasteiger partial charge on any atom is -0.506 e. The molecule has 0 radical (unpaired) electrons. The molecule has 0 saturated heterocycles. The van der Waals surface area contributed by atoms with E-state index in [1.54, 1.807) is 39.0 Å². The molecule has 14 heteroatoms. The number of primary amides is 1. The molecule has 2 rings (SSSR count). The highest BCUT2D eigenvalue weighted by molar-refractivity contribution is 6.04. The lowest BCUT2D eigenvalue weighted by atomic mass is 9.87. The summed E-state index contributed by atoms with van der Waals surface area (Å²) in [6.45, 7) is 6.31. The topological polar surface area (TPSA) is 213 Å². The Kier molecular flexibility index (Phi) is 16.4. The van der Waals surface area contributed by atoms with Gasteiger partial charge in [0.1, 0.15) is 17.6 Å². The van der Waals surface area contributed by atoms with Gasteiger partial charge in [-0.05, 0) is 38.2 Å².